The molecule has 0 unspecified atom stereocenters. The average molecular weight is 279 g/mol. The molecule has 18 heavy (non-hydrogen) atoms. The van der Waals surface area contributed by atoms with E-state index in [2.05, 4.69) is 47.4 Å². The van der Waals surface area contributed by atoms with Crippen molar-refractivity contribution >= 4 is 23.4 Å². The number of alkyl halides is 1. The Kier molecular flexibility index (Phi) is 4.61. The molecule has 1 heterocycles. The van der Waals surface area contributed by atoms with E-state index < -0.39 is 0 Å². The Balaban J connectivity index is 2.37. The molecule has 0 aliphatic heterocycles. The molecule has 4 heteroatoms. The van der Waals surface area contributed by atoms with Crippen molar-refractivity contribution in [2.24, 2.45) is 0 Å². The minimum Gasteiger partial charge on any atom is -0.236 e. The van der Waals surface area contributed by atoms with E-state index in [0.29, 0.717) is 5.88 Å². The molecular weight excluding hydrogens is 264 g/mol. The summed E-state index contributed by atoms with van der Waals surface area (Å²) < 4.78 is 0. The molecular formula is C14H15ClN2S. The third-order valence-electron chi connectivity index (χ3n) is 2.78. The summed E-state index contributed by atoms with van der Waals surface area (Å²) in [5, 5.41) is 0. The molecule has 2 rings (SSSR count). The lowest BCUT2D eigenvalue weighted by Crippen LogP contribution is -1.99. The lowest BCUT2D eigenvalue weighted by molar-refractivity contribution is 0.969. The number of rotatable bonds is 4. The fourth-order valence-electron chi connectivity index (χ4n) is 1.74. The summed E-state index contributed by atoms with van der Waals surface area (Å²) in [6, 6.07) is 8.29. The summed E-state index contributed by atoms with van der Waals surface area (Å²) in [4.78, 5) is 10.2. The van der Waals surface area contributed by atoms with Gasteiger partial charge in [-0.1, -0.05) is 19.1 Å². The molecule has 0 bridgehead atoms. The highest BCUT2D eigenvalue weighted by atomic mass is 35.5. The van der Waals surface area contributed by atoms with E-state index in [9.17, 15) is 0 Å². The summed E-state index contributed by atoms with van der Waals surface area (Å²) in [7, 11) is 0. The second-order valence-corrected chi connectivity index (χ2v) is 5.03. The van der Waals surface area contributed by atoms with Crippen molar-refractivity contribution in [2.45, 2.75) is 24.1 Å². The molecule has 0 atom stereocenters. The lowest BCUT2D eigenvalue weighted by Gasteiger charge is -2.07. The molecule has 0 amide bonds. The molecule has 0 fully saturated rings. The number of aryl methyl sites for hydroxylation is 1. The summed E-state index contributed by atoms with van der Waals surface area (Å²) in [5.41, 5.74) is 3.09. The first-order chi connectivity index (χ1) is 8.78. The number of hydrogen-bond acceptors (Lipinski definition) is 3. The monoisotopic (exact) mass is 278 g/mol. The van der Waals surface area contributed by atoms with Gasteiger partial charge in [-0.2, -0.15) is 0 Å². The van der Waals surface area contributed by atoms with Gasteiger partial charge in [0.1, 0.15) is 0 Å². The normalized spacial score (nSPS) is 10.6. The van der Waals surface area contributed by atoms with E-state index >= 15 is 0 Å². The lowest BCUT2D eigenvalue weighted by atomic mass is 10.1. The van der Waals surface area contributed by atoms with E-state index in [1.54, 1.807) is 11.8 Å². The molecule has 1 aromatic heterocycles. The second-order valence-electron chi connectivity index (χ2n) is 3.88. The smallest absolute Gasteiger partial charge is 0.159 e. The zero-order chi connectivity index (χ0) is 13.0. The van der Waals surface area contributed by atoms with Gasteiger partial charge in [0, 0.05) is 27.9 Å². The molecule has 94 valence electrons. The Labute approximate surface area is 117 Å². The van der Waals surface area contributed by atoms with Gasteiger partial charge >= 0.3 is 0 Å². The van der Waals surface area contributed by atoms with Crippen molar-refractivity contribution in [1.29, 1.82) is 0 Å². The van der Waals surface area contributed by atoms with Crippen LogP contribution in [0.15, 0.2) is 35.4 Å². The Hall–Kier alpha value is -1.06. The van der Waals surface area contributed by atoms with Crippen LogP contribution in [-0.2, 0) is 12.3 Å². The van der Waals surface area contributed by atoms with Crippen LogP contribution in [0.3, 0.4) is 0 Å². The molecule has 0 radical (unpaired) electrons. The van der Waals surface area contributed by atoms with Crippen molar-refractivity contribution in [3.63, 3.8) is 0 Å². The third kappa shape index (κ3) is 2.85. The van der Waals surface area contributed by atoms with Gasteiger partial charge in [-0.15, -0.1) is 23.4 Å². The van der Waals surface area contributed by atoms with Gasteiger partial charge in [-0.3, -0.25) is 0 Å². The van der Waals surface area contributed by atoms with Crippen molar-refractivity contribution in [2.75, 3.05) is 6.26 Å². The highest BCUT2D eigenvalue weighted by Crippen LogP contribution is 2.21. The van der Waals surface area contributed by atoms with Crippen LogP contribution in [-0.4, -0.2) is 16.2 Å². The van der Waals surface area contributed by atoms with E-state index in [1.165, 1.54) is 4.90 Å². The highest BCUT2D eigenvalue weighted by Gasteiger charge is 2.06. The Morgan fingerprint density at radius 2 is 1.94 bits per heavy atom. The van der Waals surface area contributed by atoms with Crippen LogP contribution in [0.2, 0.25) is 0 Å². The van der Waals surface area contributed by atoms with Gasteiger partial charge < -0.3 is 0 Å². The van der Waals surface area contributed by atoms with Gasteiger partial charge in [0.15, 0.2) is 5.82 Å². The van der Waals surface area contributed by atoms with Crippen LogP contribution in [0, 0.1) is 0 Å². The standard InChI is InChI=1S/C14H15ClN2S/c1-3-13-11(8-15)9-16-14(17-13)10-4-6-12(18-2)7-5-10/h4-7,9H,3,8H2,1-2H3. The van der Waals surface area contributed by atoms with Crippen LogP contribution in [0.4, 0.5) is 0 Å². The molecule has 2 nitrogen and oxygen atoms in total. The number of benzene rings is 1. The van der Waals surface area contributed by atoms with Crippen LogP contribution >= 0.6 is 23.4 Å². The van der Waals surface area contributed by atoms with Gasteiger partial charge in [-0.05, 0) is 24.8 Å². The van der Waals surface area contributed by atoms with E-state index in [1.807, 2.05) is 6.20 Å². The topological polar surface area (TPSA) is 25.8 Å². The van der Waals surface area contributed by atoms with E-state index in [0.717, 1.165) is 29.1 Å². The number of nitrogens with zero attached hydrogens (tertiary/aromatic N) is 2. The van der Waals surface area contributed by atoms with Gasteiger partial charge in [0.05, 0.1) is 5.88 Å². The minimum absolute atomic E-state index is 0.467. The maximum absolute atomic E-state index is 5.87. The highest BCUT2D eigenvalue weighted by molar-refractivity contribution is 7.98. The molecule has 0 saturated carbocycles. The van der Waals surface area contributed by atoms with Crippen LogP contribution < -0.4 is 0 Å². The third-order valence-corrected chi connectivity index (χ3v) is 3.81. The largest absolute Gasteiger partial charge is 0.236 e. The van der Waals surface area contributed by atoms with Gasteiger partial charge in [0.25, 0.3) is 0 Å². The summed E-state index contributed by atoms with van der Waals surface area (Å²) in [6.45, 7) is 2.08. The molecule has 1 aromatic carbocycles. The molecule has 0 spiro atoms. The fourth-order valence-corrected chi connectivity index (χ4v) is 2.37. The average Bonchev–Trinajstić information content (AvgIpc) is 2.46. The maximum Gasteiger partial charge on any atom is 0.159 e. The number of hydrogen-bond donors (Lipinski definition) is 0. The predicted octanol–water partition coefficient (Wildman–Crippen LogP) is 4.17. The number of aromatic nitrogens is 2. The fraction of sp³-hybridized carbons (Fsp3) is 0.286. The summed E-state index contributed by atoms with van der Waals surface area (Å²) in [5.74, 6) is 1.24. The van der Waals surface area contributed by atoms with E-state index in [4.69, 9.17) is 11.6 Å². The zero-order valence-corrected chi connectivity index (χ0v) is 12.1. The predicted molar refractivity (Wildman–Crippen MR) is 78.2 cm³/mol. The number of thioether (sulfide) groups is 1. The van der Waals surface area contributed by atoms with Crippen LogP contribution in [0.1, 0.15) is 18.2 Å². The first-order valence-corrected chi connectivity index (χ1v) is 7.59. The molecule has 0 aliphatic carbocycles. The van der Waals surface area contributed by atoms with E-state index in [-0.39, 0.29) is 0 Å². The molecule has 2 aromatic rings. The van der Waals surface area contributed by atoms with Crippen molar-refractivity contribution in [3.8, 4) is 11.4 Å². The summed E-state index contributed by atoms with van der Waals surface area (Å²) in [6.07, 6.45) is 4.77. The summed E-state index contributed by atoms with van der Waals surface area (Å²) >= 11 is 7.59. The van der Waals surface area contributed by atoms with Gasteiger partial charge in [0.2, 0.25) is 0 Å². The first kappa shape index (κ1) is 13.4. The Bertz CT molecular complexity index is 526. The zero-order valence-electron chi connectivity index (χ0n) is 10.5. The van der Waals surface area contributed by atoms with Gasteiger partial charge in [-0.25, -0.2) is 9.97 Å². The van der Waals surface area contributed by atoms with Crippen molar-refractivity contribution in [3.05, 3.63) is 41.7 Å². The minimum atomic E-state index is 0.467. The Morgan fingerprint density at radius 1 is 1.22 bits per heavy atom. The first-order valence-electron chi connectivity index (χ1n) is 5.83. The quantitative estimate of drug-likeness (QED) is 0.620. The second kappa shape index (κ2) is 6.21. The molecule has 0 saturated heterocycles. The van der Waals surface area contributed by atoms with Crippen LogP contribution in [0.5, 0.6) is 0 Å². The number of halogens is 1. The Morgan fingerprint density at radius 3 is 2.50 bits per heavy atom. The molecule has 0 aliphatic rings. The SMILES string of the molecule is CCc1nc(-c2ccc(SC)cc2)ncc1CCl. The van der Waals surface area contributed by atoms with Crippen LogP contribution in [0.25, 0.3) is 11.4 Å². The van der Waals surface area contributed by atoms with Crippen molar-refractivity contribution in [1.82, 2.24) is 9.97 Å². The molecule has 0 N–H and O–H groups in total. The maximum atomic E-state index is 5.87. The van der Waals surface area contributed by atoms with Crippen molar-refractivity contribution < 1.29 is 0 Å².